The van der Waals surface area contributed by atoms with Crippen LogP contribution in [-0.4, -0.2) is 37.2 Å². The predicted molar refractivity (Wildman–Crippen MR) is 307 cm³/mol. The summed E-state index contributed by atoms with van der Waals surface area (Å²) in [7, 11) is 0. The van der Waals surface area contributed by atoms with Crippen LogP contribution in [0.2, 0.25) is 0 Å². The van der Waals surface area contributed by atoms with Crippen molar-refractivity contribution in [2.24, 2.45) is 0 Å². The quantitative estimate of drug-likeness (QED) is 0.0261. The molecule has 0 saturated carbocycles. The van der Waals surface area contributed by atoms with Gasteiger partial charge in [0.2, 0.25) is 0 Å². The second kappa shape index (κ2) is 59.2. The van der Waals surface area contributed by atoms with E-state index in [0.29, 0.717) is 19.3 Å². The van der Waals surface area contributed by atoms with Crippen LogP contribution in [0.1, 0.15) is 290 Å². The van der Waals surface area contributed by atoms with Crippen LogP contribution in [0.15, 0.2) is 85.1 Å². The van der Waals surface area contributed by atoms with E-state index in [1.165, 1.54) is 148 Å². The van der Waals surface area contributed by atoms with Crippen LogP contribution in [0.5, 0.6) is 0 Å². The largest absolute Gasteiger partial charge is 0.462 e. The van der Waals surface area contributed by atoms with Crippen LogP contribution in [0, 0.1) is 0 Å². The number of ether oxygens (including phenoxy) is 3. The number of allylic oxidation sites excluding steroid dienone is 14. The van der Waals surface area contributed by atoms with Crippen LogP contribution >= 0.6 is 0 Å². The third-order valence-electron chi connectivity index (χ3n) is 12.9. The molecule has 0 aromatic rings. The molecule has 0 fully saturated rings. The van der Waals surface area contributed by atoms with Crippen LogP contribution in [0.4, 0.5) is 0 Å². The number of esters is 3. The first-order chi connectivity index (χ1) is 35.0. The normalized spacial score (nSPS) is 12.7. The van der Waals surface area contributed by atoms with Crippen molar-refractivity contribution in [2.75, 3.05) is 13.2 Å². The molecule has 1 unspecified atom stereocenters. The maximum Gasteiger partial charge on any atom is 0.306 e. The molecule has 71 heavy (non-hydrogen) atoms. The lowest BCUT2D eigenvalue weighted by molar-refractivity contribution is -0.167. The summed E-state index contributed by atoms with van der Waals surface area (Å²) in [5, 5.41) is 0. The lowest BCUT2D eigenvalue weighted by Gasteiger charge is -2.18. The first-order valence-corrected chi connectivity index (χ1v) is 30.1. The molecule has 0 heterocycles. The van der Waals surface area contributed by atoms with Gasteiger partial charge in [-0.3, -0.25) is 14.4 Å². The highest BCUT2D eigenvalue weighted by Gasteiger charge is 2.19. The molecular weight excluding hydrogens is 877 g/mol. The second-order valence-corrected chi connectivity index (χ2v) is 19.9. The first-order valence-electron chi connectivity index (χ1n) is 30.1. The monoisotopic (exact) mass is 989 g/mol. The fourth-order valence-electron chi connectivity index (χ4n) is 8.42. The Balaban J connectivity index is 4.07. The highest BCUT2D eigenvalue weighted by Crippen LogP contribution is 2.16. The average Bonchev–Trinajstić information content (AvgIpc) is 3.37. The molecule has 0 aromatic heterocycles. The van der Waals surface area contributed by atoms with E-state index in [0.717, 1.165) is 103 Å². The fraction of sp³-hybridized carbons (Fsp3) is 0.738. The predicted octanol–water partition coefficient (Wildman–Crippen LogP) is 20.3. The van der Waals surface area contributed by atoms with Gasteiger partial charge in [-0.05, 0) is 77.0 Å². The van der Waals surface area contributed by atoms with Gasteiger partial charge in [-0.25, -0.2) is 0 Å². The second-order valence-electron chi connectivity index (χ2n) is 19.9. The van der Waals surface area contributed by atoms with Crippen molar-refractivity contribution in [3.8, 4) is 0 Å². The maximum atomic E-state index is 12.8. The minimum absolute atomic E-state index is 0.0721. The van der Waals surface area contributed by atoms with Crippen LogP contribution in [0.25, 0.3) is 0 Å². The smallest absolute Gasteiger partial charge is 0.306 e. The summed E-state index contributed by atoms with van der Waals surface area (Å²) in [4.78, 5) is 38.0. The number of unbranched alkanes of at least 4 members (excludes halogenated alkanes) is 29. The molecule has 0 aliphatic heterocycles. The lowest BCUT2D eigenvalue weighted by atomic mass is 10.0. The molecule has 0 bridgehead atoms. The Bertz CT molecular complexity index is 1370. The van der Waals surface area contributed by atoms with Gasteiger partial charge in [0, 0.05) is 19.3 Å². The minimum Gasteiger partial charge on any atom is -0.462 e. The Morgan fingerprint density at radius 2 is 0.549 bits per heavy atom. The summed E-state index contributed by atoms with van der Waals surface area (Å²) in [6, 6.07) is 0. The molecule has 0 N–H and O–H groups in total. The van der Waals surface area contributed by atoms with E-state index in [1.807, 2.05) is 0 Å². The molecule has 0 saturated heterocycles. The Morgan fingerprint density at radius 1 is 0.296 bits per heavy atom. The number of carbonyl (C=O) groups is 3. The Morgan fingerprint density at radius 3 is 0.859 bits per heavy atom. The standard InChI is InChI=1S/C65H112O6/c1-4-7-10-13-16-19-22-23-24-25-26-27-28-29-30-31-32-33-34-35-36-37-38-39-40-41-42-43-44-47-49-52-55-58-64(67)70-61-62(71-65(68)59-56-53-50-46-21-18-15-12-9-6-3)60-69-63(66)57-54-51-48-45-20-17-14-11-8-5-2/h7,10,16,19,23-24,26-27,29-30,32-33,35-36,62H,4-6,8-9,11-15,17-18,20-22,25,28,31,34,37-61H2,1-3H3/b10-7-,19-16-,24-23-,27-26-,30-29-,33-32-,36-35-. The molecule has 6 nitrogen and oxygen atoms in total. The van der Waals surface area contributed by atoms with Crippen LogP contribution in [0.3, 0.4) is 0 Å². The van der Waals surface area contributed by atoms with Gasteiger partial charge in [0.05, 0.1) is 0 Å². The molecule has 0 aliphatic carbocycles. The zero-order chi connectivity index (χ0) is 51.4. The van der Waals surface area contributed by atoms with E-state index in [9.17, 15) is 14.4 Å². The molecule has 408 valence electrons. The van der Waals surface area contributed by atoms with Crippen LogP contribution < -0.4 is 0 Å². The van der Waals surface area contributed by atoms with E-state index in [-0.39, 0.29) is 31.1 Å². The zero-order valence-electron chi connectivity index (χ0n) is 46.7. The Labute approximate surface area is 439 Å². The third kappa shape index (κ3) is 57.4. The third-order valence-corrected chi connectivity index (χ3v) is 12.9. The highest BCUT2D eigenvalue weighted by atomic mass is 16.6. The van der Waals surface area contributed by atoms with Gasteiger partial charge in [-0.15, -0.1) is 0 Å². The topological polar surface area (TPSA) is 78.9 Å². The van der Waals surface area contributed by atoms with E-state index in [2.05, 4.69) is 106 Å². The molecular formula is C65H112O6. The van der Waals surface area contributed by atoms with E-state index in [4.69, 9.17) is 14.2 Å². The van der Waals surface area contributed by atoms with Crippen molar-refractivity contribution in [3.05, 3.63) is 85.1 Å². The van der Waals surface area contributed by atoms with Crippen LogP contribution in [-0.2, 0) is 28.6 Å². The van der Waals surface area contributed by atoms with Gasteiger partial charge in [0.25, 0.3) is 0 Å². The molecule has 0 aromatic carbocycles. The maximum absolute atomic E-state index is 12.8. The number of carbonyl (C=O) groups excluding carboxylic acids is 3. The van der Waals surface area contributed by atoms with Gasteiger partial charge in [-0.2, -0.15) is 0 Å². The average molecular weight is 990 g/mol. The van der Waals surface area contributed by atoms with Crippen molar-refractivity contribution in [1.82, 2.24) is 0 Å². The first kappa shape index (κ1) is 67.6. The van der Waals surface area contributed by atoms with Crippen molar-refractivity contribution in [1.29, 1.82) is 0 Å². The van der Waals surface area contributed by atoms with Gasteiger partial charge in [-0.1, -0.05) is 279 Å². The molecule has 6 heteroatoms. The molecule has 0 radical (unpaired) electrons. The molecule has 1 atom stereocenters. The summed E-state index contributed by atoms with van der Waals surface area (Å²) in [5.74, 6) is -0.871. The SMILES string of the molecule is CC/C=C\C/C=C\C/C=C\C/C=C\C/C=C\C/C=C\C/C=C\CCCCCCCCCCCCCC(=O)OCC(COC(=O)CCCCCCCCCCCC)OC(=O)CCCCCCCCCCCC. The summed E-state index contributed by atoms with van der Waals surface area (Å²) in [6.07, 6.45) is 77.4. The minimum atomic E-state index is -0.771. The van der Waals surface area contributed by atoms with E-state index < -0.39 is 6.10 Å². The van der Waals surface area contributed by atoms with Gasteiger partial charge >= 0.3 is 17.9 Å². The zero-order valence-corrected chi connectivity index (χ0v) is 46.7. The van der Waals surface area contributed by atoms with E-state index in [1.54, 1.807) is 0 Å². The van der Waals surface area contributed by atoms with Gasteiger partial charge in [0.1, 0.15) is 13.2 Å². The molecule has 0 rings (SSSR count). The summed E-state index contributed by atoms with van der Waals surface area (Å²) in [6.45, 7) is 6.51. The van der Waals surface area contributed by atoms with Gasteiger partial charge in [0.15, 0.2) is 6.10 Å². The molecule has 0 aliphatic rings. The summed E-state index contributed by atoms with van der Waals surface area (Å²) < 4.78 is 16.8. The highest BCUT2D eigenvalue weighted by molar-refractivity contribution is 5.71. The number of hydrogen-bond acceptors (Lipinski definition) is 6. The lowest BCUT2D eigenvalue weighted by Crippen LogP contribution is -2.30. The number of rotatable bonds is 54. The van der Waals surface area contributed by atoms with Gasteiger partial charge < -0.3 is 14.2 Å². The summed E-state index contributed by atoms with van der Waals surface area (Å²) >= 11 is 0. The number of hydrogen-bond donors (Lipinski definition) is 0. The van der Waals surface area contributed by atoms with Crippen molar-refractivity contribution in [3.63, 3.8) is 0 Å². The Kier molecular flexibility index (Phi) is 56.3. The Hall–Kier alpha value is -3.41. The van der Waals surface area contributed by atoms with E-state index >= 15 is 0 Å². The summed E-state index contributed by atoms with van der Waals surface area (Å²) in [5.41, 5.74) is 0. The van der Waals surface area contributed by atoms with Crippen molar-refractivity contribution < 1.29 is 28.6 Å². The molecule has 0 spiro atoms. The molecule has 0 amide bonds. The van der Waals surface area contributed by atoms with Crippen molar-refractivity contribution in [2.45, 2.75) is 297 Å². The fourth-order valence-corrected chi connectivity index (χ4v) is 8.42. The van der Waals surface area contributed by atoms with Crippen molar-refractivity contribution >= 4 is 17.9 Å².